The number of halogens is 1. The molecule has 7 heteroatoms. The minimum atomic E-state index is -0.185. The highest BCUT2D eigenvalue weighted by Gasteiger charge is 2.36. The Labute approximate surface area is 171 Å². The van der Waals surface area contributed by atoms with Crippen LogP contribution in [0.1, 0.15) is 37.7 Å². The molecule has 0 atom stereocenters. The molecule has 0 spiro atoms. The fraction of sp³-hybridized carbons (Fsp3) is 0.474. The van der Waals surface area contributed by atoms with E-state index in [0.29, 0.717) is 28.9 Å². The quantitative estimate of drug-likeness (QED) is 0.436. The van der Waals surface area contributed by atoms with Crippen LogP contribution >= 0.6 is 34.4 Å². The summed E-state index contributed by atoms with van der Waals surface area (Å²) in [7, 11) is 3.17. The molecule has 26 heavy (non-hydrogen) atoms. The molecule has 1 aliphatic heterocycles. The van der Waals surface area contributed by atoms with Crippen LogP contribution in [0.25, 0.3) is 6.08 Å². The third-order valence-corrected chi connectivity index (χ3v) is 6.50. The van der Waals surface area contributed by atoms with E-state index in [9.17, 15) is 9.59 Å². The van der Waals surface area contributed by atoms with Crippen molar-refractivity contribution in [1.82, 2.24) is 4.90 Å². The van der Waals surface area contributed by atoms with Gasteiger partial charge in [-0.1, -0.05) is 19.3 Å². The second-order valence-corrected chi connectivity index (χ2v) is 8.69. The number of imide groups is 1. The molecule has 0 bridgehead atoms. The van der Waals surface area contributed by atoms with Crippen molar-refractivity contribution in [2.45, 2.75) is 32.1 Å². The number of nitrogens with zero attached hydrogens (tertiary/aromatic N) is 1. The zero-order valence-electron chi connectivity index (χ0n) is 14.9. The summed E-state index contributed by atoms with van der Waals surface area (Å²) in [6.07, 6.45) is 7.62. The average Bonchev–Trinajstić information content (AvgIpc) is 2.89. The van der Waals surface area contributed by atoms with Gasteiger partial charge in [0.2, 0.25) is 0 Å². The minimum Gasteiger partial charge on any atom is -0.493 e. The molecule has 0 N–H and O–H groups in total. The first-order valence-electron chi connectivity index (χ1n) is 8.70. The van der Waals surface area contributed by atoms with Crippen LogP contribution in [0, 0.1) is 9.49 Å². The van der Waals surface area contributed by atoms with E-state index in [1.54, 1.807) is 20.3 Å². The van der Waals surface area contributed by atoms with Gasteiger partial charge in [-0.3, -0.25) is 14.5 Å². The van der Waals surface area contributed by atoms with Gasteiger partial charge in [0.05, 0.1) is 22.7 Å². The summed E-state index contributed by atoms with van der Waals surface area (Å²) in [4.78, 5) is 26.9. The number of carbonyl (C=O) groups is 2. The second-order valence-electron chi connectivity index (χ2n) is 6.53. The van der Waals surface area contributed by atoms with Crippen LogP contribution in [0.15, 0.2) is 17.0 Å². The van der Waals surface area contributed by atoms with E-state index in [1.165, 1.54) is 24.2 Å². The van der Waals surface area contributed by atoms with E-state index in [2.05, 4.69) is 22.6 Å². The molecule has 3 rings (SSSR count). The lowest BCUT2D eigenvalue weighted by Crippen LogP contribution is -2.34. The van der Waals surface area contributed by atoms with Crippen molar-refractivity contribution >= 4 is 51.6 Å². The number of rotatable bonds is 5. The Balaban J connectivity index is 1.80. The van der Waals surface area contributed by atoms with Crippen molar-refractivity contribution < 1.29 is 19.1 Å². The van der Waals surface area contributed by atoms with E-state index in [1.807, 2.05) is 12.1 Å². The predicted octanol–water partition coefficient (Wildman–Crippen LogP) is 4.93. The fourth-order valence-corrected chi connectivity index (χ4v) is 5.15. The van der Waals surface area contributed by atoms with E-state index in [0.717, 1.165) is 33.7 Å². The Hall–Kier alpha value is -1.22. The van der Waals surface area contributed by atoms with Gasteiger partial charge in [-0.15, -0.1) is 0 Å². The van der Waals surface area contributed by atoms with Crippen LogP contribution < -0.4 is 9.47 Å². The molecule has 2 aliphatic rings. The van der Waals surface area contributed by atoms with Crippen molar-refractivity contribution in [3.63, 3.8) is 0 Å². The second kappa shape index (κ2) is 8.65. The molecular formula is C19H22INO4S. The first-order valence-corrected chi connectivity index (χ1v) is 10.6. The number of hydrogen-bond donors (Lipinski definition) is 0. The van der Waals surface area contributed by atoms with E-state index >= 15 is 0 Å². The van der Waals surface area contributed by atoms with E-state index in [4.69, 9.17) is 9.47 Å². The summed E-state index contributed by atoms with van der Waals surface area (Å²) < 4.78 is 11.6. The summed E-state index contributed by atoms with van der Waals surface area (Å²) in [6.45, 7) is 0.547. The van der Waals surface area contributed by atoms with Gasteiger partial charge in [0.15, 0.2) is 11.5 Å². The van der Waals surface area contributed by atoms with Crippen LogP contribution in [0.3, 0.4) is 0 Å². The summed E-state index contributed by atoms with van der Waals surface area (Å²) in [5.74, 6) is 1.52. The van der Waals surface area contributed by atoms with Crippen LogP contribution in [-0.2, 0) is 4.79 Å². The SMILES string of the molecule is COc1cc(/C=C2/SC(=O)N(CC3CCCCC3)C2=O)cc(I)c1OC. The fourth-order valence-electron chi connectivity index (χ4n) is 3.46. The highest BCUT2D eigenvalue weighted by Crippen LogP contribution is 2.38. The zero-order valence-corrected chi connectivity index (χ0v) is 17.9. The van der Waals surface area contributed by atoms with Gasteiger partial charge in [0, 0.05) is 6.54 Å². The number of ether oxygens (including phenoxy) is 2. The Morgan fingerprint density at radius 2 is 1.92 bits per heavy atom. The molecule has 2 fully saturated rings. The maximum atomic E-state index is 12.7. The van der Waals surface area contributed by atoms with Gasteiger partial charge in [-0.05, 0) is 76.9 Å². The number of hydrogen-bond acceptors (Lipinski definition) is 5. The largest absolute Gasteiger partial charge is 0.493 e. The number of benzene rings is 1. The minimum absolute atomic E-state index is 0.165. The maximum absolute atomic E-state index is 12.7. The van der Waals surface area contributed by atoms with Gasteiger partial charge in [-0.2, -0.15) is 0 Å². The normalized spacial score (nSPS) is 20.1. The molecule has 140 valence electrons. The molecule has 1 aliphatic carbocycles. The summed E-state index contributed by atoms with van der Waals surface area (Å²) in [5, 5.41) is -0.165. The van der Waals surface area contributed by atoms with Crippen molar-refractivity contribution in [3.05, 3.63) is 26.2 Å². The van der Waals surface area contributed by atoms with Crippen LogP contribution in [0.2, 0.25) is 0 Å². The van der Waals surface area contributed by atoms with Crippen molar-refractivity contribution in [3.8, 4) is 11.5 Å². The third-order valence-electron chi connectivity index (χ3n) is 4.79. The summed E-state index contributed by atoms with van der Waals surface area (Å²) in [5.41, 5.74) is 0.815. The Bertz CT molecular complexity index is 743. The van der Waals surface area contributed by atoms with E-state index in [-0.39, 0.29) is 11.1 Å². The highest BCUT2D eigenvalue weighted by atomic mass is 127. The lowest BCUT2D eigenvalue weighted by molar-refractivity contribution is -0.123. The summed E-state index contributed by atoms with van der Waals surface area (Å²) >= 11 is 3.19. The Morgan fingerprint density at radius 1 is 1.19 bits per heavy atom. The standard InChI is InChI=1S/C19H22INO4S/c1-24-15-9-13(8-14(20)17(15)25-2)10-16-18(22)21(19(23)26-16)11-12-6-4-3-5-7-12/h8-10,12H,3-7,11H2,1-2H3/b16-10+. The summed E-state index contributed by atoms with van der Waals surface area (Å²) in [6, 6.07) is 3.73. The van der Waals surface area contributed by atoms with Crippen LogP contribution in [0.4, 0.5) is 4.79 Å². The van der Waals surface area contributed by atoms with Crippen molar-refractivity contribution in [1.29, 1.82) is 0 Å². The topological polar surface area (TPSA) is 55.8 Å². The monoisotopic (exact) mass is 487 g/mol. The van der Waals surface area contributed by atoms with Crippen molar-refractivity contribution in [2.24, 2.45) is 5.92 Å². The number of carbonyl (C=O) groups excluding carboxylic acids is 2. The first kappa shape index (κ1) is 19.5. The molecule has 1 aromatic rings. The smallest absolute Gasteiger partial charge is 0.293 e. The van der Waals surface area contributed by atoms with Gasteiger partial charge in [-0.25, -0.2) is 0 Å². The Kier molecular flexibility index (Phi) is 6.50. The van der Waals surface area contributed by atoms with Crippen molar-refractivity contribution in [2.75, 3.05) is 20.8 Å². The number of methoxy groups -OCH3 is 2. The molecule has 1 aromatic carbocycles. The molecule has 1 saturated carbocycles. The molecule has 0 radical (unpaired) electrons. The predicted molar refractivity (Wildman–Crippen MR) is 112 cm³/mol. The lowest BCUT2D eigenvalue weighted by atomic mass is 9.89. The van der Waals surface area contributed by atoms with Gasteiger partial charge < -0.3 is 9.47 Å². The first-order chi connectivity index (χ1) is 12.5. The number of amides is 2. The molecule has 0 aromatic heterocycles. The molecule has 1 heterocycles. The third kappa shape index (κ3) is 4.19. The van der Waals surface area contributed by atoms with Gasteiger partial charge in [0.1, 0.15) is 0 Å². The molecule has 1 saturated heterocycles. The molecule has 5 nitrogen and oxygen atoms in total. The number of thioether (sulfide) groups is 1. The zero-order chi connectivity index (χ0) is 18.7. The van der Waals surface area contributed by atoms with Crippen LogP contribution in [-0.4, -0.2) is 36.8 Å². The Morgan fingerprint density at radius 3 is 2.58 bits per heavy atom. The highest BCUT2D eigenvalue weighted by molar-refractivity contribution is 14.1. The molecule has 2 amide bonds. The van der Waals surface area contributed by atoms with Gasteiger partial charge in [0.25, 0.3) is 11.1 Å². The van der Waals surface area contributed by atoms with Crippen LogP contribution in [0.5, 0.6) is 11.5 Å². The maximum Gasteiger partial charge on any atom is 0.293 e. The van der Waals surface area contributed by atoms with Gasteiger partial charge >= 0.3 is 0 Å². The molecule has 0 unspecified atom stereocenters. The lowest BCUT2D eigenvalue weighted by Gasteiger charge is -2.25. The average molecular weight is 487 g/mol. The van der Waals surface area contributed by atoms with E-state index < -0.39 is 0 Å². The molecular weight excluding hydrogens is 465 g/mol.